The molecule has 2 rings (SSSR count). The van der Waals surface area contributed by atoms with Gasteiger partial charge in [0.15, 0.2) is 0 Å². The van der Waals surface area contributed by atoms with Gasteiger partial charge in [0.2, 0.25) is 0 Å². The third-order valence-electron chi connectivity index (χ3n) is 3.28. The molecule has 0 spiro atoms. The van der Waals surface area contributed by atoms with Gasteiger partial charge >= 0.3 is 0 Å². The van der Waals surface area contributed by atoms with Gasteiger partial charge in [-0.25, -0.2) is 8.42 Å². The summed E-state index contributed by atoms with van der Waals surface area (Å²) < 4.78 is 27.1. The molecule has 6 heteroatoms. The summed E-state index contributed by atoms with van der Waals surface area (Å²) in [6.07, 6.45) is 2.06. The Morgan fingerprint density at radius 3 is 2.89 bits per heavy atom. The Kier molecular flexibility index (Phi) is 4.42. The second-order valence-corrected chi connectivity index (χ2v) is 8.25. The summed E-state index contributed by atoms with van der Waals surface area (Å²) in [5, 5.41) is 3.13. The number of sulfonamides is 1. The molecule has 0 aliphatic carbocycles. The first-order valence-corrected chi connectivity index (χ1v) is 8.51. The Morgan fingerprint density at radius 1 is 1.50 bits per heavy atom. The quantitative estimate of drug-likeness (QED) is 0.917. The number of hydrogen-bond donors (Lipinski definition) is 1. The maximum atomic E-state index is 12.5. The van der Waals surface area contributed by atoms with Crippen molar-refractivity contribution in [2.24, 2.45) is 5.92 Å². The Morgan fingerprint density at radius 2 is 2.28 bits per heavy atom. The highest BCUT2D eigenvalue weighted by molar-refractivity contribution is 7.91. The molecule has 1 saturated heterocycles. The van der Waals surface area contributed by atoms with Crippen LogP contribution in [0.3, 0.4) is 0 Å². The van der Waals surface area contributed by atoms with E-state index in [0.717, 1.165) is 24.3 Å². The van der Waals surface area contributed by atoms with Gasteiger partial charge in [-0.1, -0.05) is 0 Å². The van der Waals surface area contributed by atoms with Crippen molar-refractivity contribution >= 4 is 21.4 Å². The third kappa shape index (κ3) is 2.93. The second-order valence-electron chi connectivity index (χ2n) is 4.79. The summed E-state index contributed by atoms with van der Waals surface area (Å²) in [6.45, 7) is 4.11. The second kappa shape index (κ2) is 5.69. The molecule has 0 aromatic carbocycles. The van der Waals surface area contributed by atoms with E-state index in [2.05, 4.69) is 5.32 Å². The molecule has 0 saturated carbocycles. The summed E-state index contributed by atoms with van der Waals surface area (Å²) >= 11 is 1.36. The lowest BCUT2D eigenvalue weighted by atomic mass is 10.00. The van der Waals surface area contributed by atoms with Crippen molar-refractivity contribution < 1.29 is 8.42 Å². The van der Waals surface area contributed by atoms with Crippen molar-refractivity contribution in [3.05, 3.63) is 17.0 Å². The van der Waals surface area contributed by atoms with Gasteiger partial charge in [-0.05, 0) is 51.4 Å². The standard InChI is InChI=1S/C12H20N2O2S2/c1-10-5-6-12(17-10)18(15,16)14-7-3-4-11(9-14)8-13-2/h5-6,11,13H,3-4,7-9H2,1-2H3. The number of hydrogen-bond acceptors (Lipinski definition) is 4. The minimum Gasteiger partial charge on any atom is -0.319 e. The molecule has 0 bridgehead atoms. The molecule has 1 aliphatic heterocycles. The summed E-state index contributed by atoms with van der Waals surface area (Å²) in [6, 6.07) is 3.59. The van der Waals surface area contributed by atoms with E-state index in [1.807, 2.05) is 20.0 Å². The molecule has 1 aromatic heterocycles. The molecule has 1 aliphatic rings. The van der Waals surface area contributed by atoms with Crippen molar-refractivity contribution in [2.75, 3.05) is 26.7 Å². The van der Waals surface area contributed by atoms with Crippen LogP contribution in [0.2, 0.25) is 0 Å². The zero-order valence-corrected chi connectivity index (χ0v) is 12.5. The predicted molar refractivity (Wildman–Crippen MR) is 74.5 cm³/mol. The van der Waals surface area contributed by atoms with E-state index in [0.29, 0.717) is 23.2 Å². The average Bonchev–Trinajstić information content (AvgIpc) is 2.77. The van der Waals surface area contributed by atoms with E-state index >= 15 is 0 Å². The van der Waals surface area contributed by atoms with Gasteiger partial charge in [-0.2, -0.15) is 4.31 Å². The normalized spacial score (nSPS) is 22.2. The van der Waals surface area contributed by atoms with Gasteiger partial charge in [0, 0.05) is 18.0 Å². The van der Waals surface area contributed by atoms with E-state index in [4.69, 9.17) is 0 Å². The summed E-state index contributed by atoms with van der Waals surface area (Å²) in [5.41, 5.74) is 0. The van der Waals surface area contributed by atoms with Gasteiger partial charge in [0.1, 0.15) is 4.21 Å². The van der Waals surface area contributed by atoms with Crippen molar-refractivity contribution in [1.29, 1.82) is 0 Å². The number of nitrogens with one attached hydrogen (secondary N) is 1. The molecule has 0 amide bonds. The van der Waals surface area contributed by atoms with E-state index in [1.54, 1.807) is 10.4 Å². The fourth-order valence-corrected chi connectivity index (χ4v) is 5.37. The van der Waals surface area contributed by atoms with Crippen LogP contribution in [0.15, 0.2) is 16.3 Å². The Balaban J connectivity index is 2.15. The fraction of sp³-hybridized carbons (Fsp3) is 0.667. The first kappa shape index (κ1) is 14.0. The molecule has 1 N–H and O–H groups in total. The number of thiophene rings is 1. The van der Waals surface area contributed by atoms with E-state index < -0.39 is 10.0 Å². The molecule has 1 unspecified atom stereocenters. The highest BCUT2D eigenvalue weighted by atomic mass is 32.2. The molecule has 1 atom stereocenters. The molecule has 1 aromatic rings. The minimum atomic E-state index is -3.27. The predicted octanol–water partition coefficient (Wildman–Crippen LogP) is 1.68. The van der Waals surface area contributed by atoms with Crippen LogP contribution in [-0.4, -0.2) is 39.4 Å². The largest absolute Gasteiger partial charge is 0.319 e. The lowest BCUT2D eigenvalue weighted by Gasteiger charge is -2.31. The highest BCUT2D eigenvalue weighted by Gasteiger charge is 2.30. The van der Waals surface area contributed by atoms with Gasteiger partial charge in [-0.15, -0.1) is 11.3 Å². The van der Waals surface area contributed by atoms with Crippen LogP contribution in [0.4, 0.5) is 0 Å². The van der Waals surface area contributed by atoms with Gasteiger partial charge in [0.05, 0.1) is 0 Å². The molecule has 1 fully saturated rings. The van der Waals surface area contributed by atoms with Crippen LogP contribution < -0.4 is 5.32 Å². The molecule has 102 valence electrons. The average molecular weight is 288 g/mol. The first-order chi connectivity index (χ1) is 8.54. The van der Waals surface area contributed by atoms with Crippen LogP contribution in [0.5, 0.6) is 0 Å². The molecule has 18 heavy (non-hydrogen) atoms. The Bertz CT molecular complexity index is 494. The van der Waals surface area contributed by atoms with E-state index in [9.17, 15) is 8.42 Å². The smallest absolute Gasteiger partial charge is 0.252 e. The lowest BCUT2D eigenvalue weighted by Crippen LogP contribution is -2.42. The SMILES string of the molecule is CNCC1CCCN(S(=O)(=O)c2ccc(C)s2)C1. The van der Waals surface area contributed by atoms with Gasteiger partial charge in [0.25, 0.3) is 10.0 Å². The van der Waals surface area contributed by atoms with Gasteiger partial charge in [-0.3, -0.25) is 0 Å². The molecule has 2 heterocycles. The van der Waals surface area contributed by atoms with Crippen molar-refractivity contribution in [2.45, 2.75) is 24.0 Å². The molecular weight excluding hydrogens is 268 g/mol. The van der Waals surface area contributed by atoms with E-state index in [-0.39, 0.29) is 0 Å². The zero-order valence-electron chi connectivity index (χ0n) is 10.8. The molecule has 4 nitrogen and oxygen atoms in total. The van der Waals surface area contributed by atoms with Gasteiger partial charge < -0.3 is 5.32 Å². The fourth-order valence-electron chi connectivity index (χ4n) is 2.38. The maximum Gasteiger partial charge on any atom is 0.252 e. The summed E-state index contributed by atoms with van der Waals surface area (Å²) in [4.78, 5) is 1.04. The van der Waals surface area contributed by atoms with Crippen molar-refractivity contribution in [3.63, 3.8) is 0 Å². The lowest BCUT2D eigenvalue weighted by molar-refractivity contribution is 0.264. The number of rotatable bonds is 4. The third-order valence-corrected chi connectivity index (χ3v) is 6.62. The Hall–Kier alpha value is -0.430. The van der Waals surface area contributed by atoms with Crippen LogP contribution in [0.1, 0.15) is 17.7 Å². The van der Waals surface area contributed by atoms with Crippen LogP contribution in [0, 0.1) is 12.8 Å². The van der Waals surface area contributed by atoms with Crippen LogP contribution in [-0.2, 0) is 10.0 Å². The van der Waals surface area contributed by atoms with Crippen LogP contribution in [0.25, 0.3) is 0 Å². The monoisotopic (exact) mass is 288 g/mol. The number of aryl methyl sites for hydroxylation is 1. The van der Waals surface area contributed by atoms with E-state index in [1.165, 1.54) is 11.3 Å². The number of nitrogens with zero attached hydrogens (tertiary/aromatic N) is 1. The first-order valence-electron chi connectivity index (χ1n) is 6.25. The number of piperidine rings is 1. The topological polar surface area (TPSA) is 49.4 Å². The minimum absolute atomic E-state index is 0.430. The summed E-state index contributed by atoms with van der Waals surface area (Å²) in [5.74, 6) is 0.430. The molecule has 0 radical (unpaired) electrons. The molecular formula is C12H20N2O2S2. The van der Waals surface area contributed by atoms with Crippen molar-refractivity contribution in [3.8, 4) is 0 Å². The zero-order chi connectivity index (χ0) is 13.2. The Labute approximate surface area is 113 Å². The van der Waals surface area contributed by atoms with Crippen molar-refractivity contribution in [1.82, 2.24) is 9.62 Å². The summed E-state index contributed by atoms with van der Waals surface area (Å²) in [7, 11) is -1.36. The highest BCUT2D eigenvalue weighted by Crippen LogP contribution is 2.27. The van der Waals surface area contributed by atoms with Crippen LogP contribution >= 0.6 is 11.3 Å². The maximum absolute atomic E-state index is 12.5.